The molecule has 0 radical (unpaired) electrons. The maximum Gasteiger partial charge on any atom is 0.313 e. The quantitative estimate of drug-likeness (QED) is 0.371. The molecular formula is C9H18O3. The van der Waals surface area contributed by atoms with Gasteiger partial charge in [0.15, 0.2) is 6.79 Å². The van der Waals surface area contributed by atoms with Gasteiger partial charge in [-0.05, 0) is 27.2 Å². The minimum Gasteiger partial charge on any atom is -0.438 e. The van der Waals surface area contributed by atoms with Crippen molar-refractivity contribution in [1.82, 2.24) is 0 Å². The van der Waals surface area contributed by atoms with E-state index in [0.717, 1.165) is 6.42 Å². The van der Waals surface area contributed by atoms with Crippen LogP contribution in [0.1, 0.15) is 34.1 Å². The third-order valence-electron chi connectivity index (χ3n) is 1.23. The molecule has 0 heterocycles. The molecule has 0 spiro atoms. The van der Waals surface area contributed by atoms with Gasteiger partial charge in [0, 0.05) is 0 Å². The van der Waals surface area contributed by atoms with E-state index >= 15 is 0 Å². The monoisotopic (exact) mass is 174 g/mol. The van der Waals surface area contributed by atoms with E-state index in [1.807, 2.05) is 27.7 Å². The summed E-state index contributed by atoms with van der Waals surface area (Å²) in [5.74, 6) is -0.224. The molecule has 0 aliphatic rings. The van der Waals surface area contributed by atoms with E-state index in [9.17, 15) is 4.79 Å². The lowest BCUT2D eigenvalue weighted by atomic mass is 9.98. The molecule has 0 aromatic heterocycles. The van der Waals surface area contributed by atoms with Crippen LogP contribution in [0, 0.1) is 5.41 Å². The molecule has 3 heteroatoms. The summed E-state index contributed by atoms with van der Waals surface area (Å²) in [5.41, 5.74) is -0.435. The first-order valence-electron chi connectivity index (χ1n) is 4.23. The highest BCUT2D eigenvalue weighted by Gasteiger charge is 2.22. The Kier molecular flexibility index (Phi) is 4.90. The van der Waals surface area contributed by atoms with Crippen LogP contribution in [-0.4, -0.2) is 19.4 Å². The topological polar surface area (TPSA) is 35.5 Å². The fraction of sp³-hybridized carbons (Fsp3) is 0.889. The molecule has 0 aromatic rings. The molecule has 12 heavy (non-hydrogen) atoms. The Labute approximate surface area is 74.0 Å². The minimum absolute atomic E-state index is 0.0734. The number of hydrogen-bond donors (Lipinski definition) is 0. The summed E-state index contributed by atoms with van der Waals surface area (Å²) in [7, 11) is 0. The maximum atomic E-state index is 11.1. The molecule has 0 saturated heterocycles. The van der Waals surface area contributed by atoms with Gasteiger partial charge in [0.1, 0.15) is 0 Å². The standard InChI is InChI=1S/C9H18O3/c1-5-6-11-7-12-8(10)9(2,3)4/h5-7H2,1-4H3. The van der Waals surface area contributed by atoms with Gasteiger partial charge in [-0.15, -0.1) is 0 Å². The van der Waals surface area contributed by atoms with Crippen LogP contribution in [0.4, 0.5) is 0 Å². The van der Waals surface area contributed by atoms with Gasteiger partial charge in [-0.25, -0.2) is 0 Å². The van der Waals surface area contributed by atoms with Crippen molar-refractivity contribution in [2.24, 2.45) is 5.41 Å². The molecular weight excluding hydrogens is 156 g/mol. The van der Waals surface area contributed by atoms with E-state index in [4.69, 9.17) is 9.47 Å². The largest absolute Gasteiger partial charge is 0.438 e. The predicted molar refractivity (Wildman–Crippen MR) is 46.7 cm³/mol. The van der Waals surface area contributed by atoms with Crippen molar-refractivity contribution < 1.29 is 14.3 Å². The predicted octanol–water partition coefficient (Wildman–Crippen LogP) is 1.96. The lowest BCUT2D eigenvalue weighted by Gasteiger charge is -2.16. The van der Waals surface area contributed by atoms with Gasteiger partial charge in [0.2, 0.25) is 0 Å². The van der Waals surface area contributed by atoms with Gasteiger partial charge in [-0.3, -0.25) is 4.79 Å². The second kappa shape index (κ2) is 5.14. The van der Waals surface area contributed by atoms with E-state index in [2.05, 4.69) is 0 Å². The molecule has 0 fully saturated rings. The van der Waals surface area contributed by atoms with E-state index in [-0.39, 0.29) is 12.8 Å². The molecule has 0 aliphatic heterocycles. The zero-order chi connectivity index (χ0) is 9.61. The average Bonchev–Trinajstić information content (AvgIpc) is 1.96. The number of carbonyl (C=O) groups is 1. The average molecular weight is 174 g/mol. The first kappa shape index (κ1) is 11.4. The van der Waals surface area contributed by atoms with Crippen molar-refractivity contribution in [3.8, 4) is 0 Å². The molecule has 0 amide bonds. The summed E-state index contributed by atoms with van der Waals surface area (Å²) in [6.07, 6.45) is 0.938. The van der Waals surface area contributed by atoms with Crippen molar-refractivity contribution in [2.45, 2.75) is 34.1 Å². The van der Waals surface area contributed by atoms with Crippen molar-refractivity contribution in [2.75, 3.05) is 13.4 Å². The maximum absolute atomic E-state index is 11.1. The number of esters is 1. The number of rotatable bonds is 4. The zero-order valence-electron chi connectivity index (χ0n) is 8.35. The Bertz CT molecular complexity index is 135. The summed E-state index contributed by atoms with van der Waals surface area (Å²) >= 11 is 0. The van der Waals surface area contributed by atoms with Crippen LogP contribution < -0.4 is 0 Å². The van der Waals surface area contributed by atoms with Crippen LogP contribution in [0.5, 0.6) is 0 Å². The van der Waals surface area contributed by atoms with Gasteiger partial charge >= 0.3 is 5.97 Å². The Morgan fingerprint density at radius 2 is 1.92 bits per heavy atom. The van der Waals surface area contributed by atoms with Crippen LogP contribution in [0.25, 0.3) is 0 Å². The lowest BCUT2D eigenvalue weighted by molar-refractivity contribution is -0.165. The van der Waals surface area contributed by atoms with Crippen LogP contribution >= 0.6 is 0 Å². The fourth-order valence-electron chi connectivity index (χ4n) is 0.515. The Morgan fingerprint density at radius 3 is 2.33 bits per heavy atom. The molecule has 0 aromatic carbocycles. The van der Waals surface area contributed by atoms with Gasteiger partial charge in [-0.2, -0.15) is 0 Å². The summed E-state index contributed by atoms with van der Waals surface area (Å²) in [6.45, 7) is 8.16. The second-order valence-corrected chi connectivity index (χ2v) is 3.71. The molecule has 0 bridgehead atoms. The highest BCUT2D eigenvalue weighted by Crippen LogP contribution is 2.14. The summed E-state index contributed by atoms with van der Waals surface area (Å²) in [5, 5.41) is 0. The Morgan fingerprint density at radius 1 is 1.33 bits per heavy atom. The molecule has 0 unspecified atom stereocenters. The third-order valence-corrected chi connectivity index (χ3v) is 1.23. The zero-order valence-corrected chi connectivity index (χ0v) is 8.35. The smallest absolute Gasteiger partial charge is 0.313 e. The van der Waals surface area contributed by atoms with Crippen molar-refractivity contribution in [1.29, 1.82) is 0 Å². The van der Waals surface area contributed by atoms with Crippen molar-refractivity contribution >= 4 is 5.97 Å². The van der Waals surface area contributed by atoms with Crippen LogP contribution in [0.2, 0.25) is 0 Å². The minimum atomic E-state index is -0.435. The summed E-state index contributed by atoms with van der Waals surface area (Å²) in [6, 6.07) is 0. The van der Waals surface area contributed by atoms with Crippen LogP contribution in [0.15, 0.2) is 0 Å². The first-order chi connectivity index (χ1) is 5.48. The lowest BCUT2D eigenvalue weighted by Crippen LogP contribution is -2.24. The van der Waals surface area contributed by atoms with E-state index < -0.39 is 5.41 Å². The van der Waals surface area contributed by atoms with E-state index in [1.54, 1.807) is 0 Å². The van der Waals surface area contributed by atoms with Crippen molar-refractivity contribution in [3.63, 3.8) is 0 Å². The summed E-state index contributed by atoms with van der Waals surface area (Å²) < 4.78 is 9.85. The Hall–Kier alpha value is -0.570. The molecule has 3 nitrogen and oxygen atoms in total. The molecule has 72 valence electrons. The van der Waals surface area contributed by atoms with Crippen LogP contribution in [-0.2, 0) is 14.3 Å². The molecule has 0 aliphatic carbocycles. The fourth-order valence-corrected chi connectivity index (χ4v) is 0.515. The van der Waals surface area contributed by atoms with Gasteiger partial charge < -0.3 is 9.47 Å². The Balaban J connectivity index is 3.45. The normalized spacial score (nSPS) is 11.3. The van der Waals surface area contributed by atoms with Crippen molar-refractivity contribution in [3.05, 3.63) is 0 Å². The van der Waals surface area contributed by atoms with E-state index in [0.29, 0.717) is 6.61 Å². The van der Waals surface area contributed by atoms with Gasteiger partial charge in [-0.1, -0.05) is 6.92 Å². The molecule has 0 saturated carbocycles. The second-order valence-electron chi connectivity index (χ2n) is 3.71. The summed E-state index contributed by atoms with van der Waals surface area (Å²) in [4.78, 5) is 11.1. The first-order valence-corrected chi connectivity index (χ1v) is 4.23. The number of hydrogen-bond acceptors (Lipinski definition) is 3. The van der Waals surface area contributed by atoms with Gasteiger partial charge in [0.25, 0.3) is 0 Å². The van der Waals surface area contributed by atoms with Crippen LogP contribution in [0.3, 0.4) is 0 Å². The SMILES string of the molecule is CCCOCOC(=O)C(C)(C)C. The number of carbonyl (C=O) groups excluding carboxylic acids is 1. The molecule has 0 rings (SSSR count). The molecule has 0 atom stereocenters. The highest BCUT2D eigenvalue weighted by atomic mass is 16.7. The molecule has 0 N–H and O–H groups in total. The highest BCUT2D eigenvalue weighted by molar-refractivity contribution is 5.75. The third kappa shape index (κ3) is 5.13. The van der Waals surface area contributed by atoms with E-state index in [1.165, 1.54) is 0 Å². The van der Waals surface area contributed by atoms with Gasteiger partial charge in [0.05, 0.1) is 12.0 Å². The number of ether oxygens (including phenoxy) is 2.